The summed E-state index contributed by atoms with van der Waals surface area (Å²) < 4.78 is 17.5. The maximum Gasteiger partial charge on any atom is 0.147 e. The molecule has 5 heteroatoms. The van der Waals surface area contributed by atoms with Gasteiger partial charge in [-0.2, -0.15) is 5.10 Å². The van der Waals surface area contributed by atoms with Crippen molar-refractivity contribution < 1.29 is 4.39 Å². The standard InChI is InChI=1S/C16H11FN4/c17-13-5-1-2-6-15(13)20-8-9-21-16(20)10-14(19-21)12-4-3-7-18-11-12/h1-11H. The van der Waals surface area contributed by atoms with Gasteiger partial charge in [0.05, 0.1) is 11.4 Å². The summed E-state index contributed by atoms with van der Waals surface area (Å²) in [5.41, 5.74) is 3.05. The van der Waals surface area contributed by atoms with Crippen molar-refractivity contribution in [3.05, 3.63) is 73.1 Å². The first-order chi connectivity index (χ1) is 10.3. The van der Waals surface area contributed by atoms with E-state index in [2.05, 4.69) is 10.1 Å². The highest BCUT2D eigenvalue weighted by Crippen LogP contribution is 2.22. The molecule has 0 saturated heterocycles. The second kappa shape index (κ2) is 4.56. The van der Waals surface area contributed by atoms with E-state index in [0.29, 0.717) is 5.69 Å². The number of imidazole rings is 1. The molecule has 4 rings (SSSR count). The molecule has 0 saturated carbocycles. The molecule has 21 heavy (non-hydrogen) atoms. The van der Waals surface area contributed by atoms with Gasteiger partial charge in [0, 0.05) is 36.4 Å². The maximum atomic E-state index is 14.0. The second-order valence-corrected chi connectivity index (χ2v) is 4.69. The predicted molar refractivity (Wildman–Crippen MR) is 77.7 cm³/mol. The highest BCUT2D eigenvalue weighted by Gasteiger charge is 2.11. The summed E-state index contributed by atoms with van der Waals surface area (Å²) in [6, 6.07) is 12.4. The number of hydrogen-bond donors (Lipinski definition) is 0. The molecule has 4 nitrogen and oxygen atoms in total. The van der Waals surface area contributed by atoms with Crippen LogP contribution in [0.25, 0.3) is 22.6 Å². The first-order valence-electron chi connectivity index (χ1n) is 6.55. The molecule has 0 unspecified atom stereocenters. The zero-order valence-electron chi connectivity index (χ0n) is 11.0. The Morgan fingerprint density at radius 2 is 1.90 bits per heavy atom. The van der Waals surface area contributed by atoms with Crippen LogP contribution >= 0.6 is 0 Å². The van der Waals surface area contributed by atoms with Crippen LogP contribution in [0.1, 0.15) is 0 Å². The van der Waals surface area contributed by atoms with Crippen molar-refractivity contribution in [2.75, 3.05) is 0 Å². The number of para-hydroxylation sites is 1. The monoisotopic (exact) mass is 278 g/mol. The van der Waals surface area contributed by atoms with E-state index in [-0.39, 0.29) is 5.82 Å². The number of fused-ring (bicyclic) bond motifs is 1. The van der Waals surface area contributed by atoms with Crippen LogP contribution in [0.3, 0.4) is 0 Å². The lowest BCUT2D eigenvalue weighted by atomic mass is 10.2. The number of halogens is 1. The largest absolute Gasteiger partial charge is 0.297 e. The van der Waals surface area contributed by atoms with Crippen LogP contribution in [-0.4, -0.2) is 19.2 Å². The molecule has 0 atom stereocenters. The van der Waals surface area contributed by atoms with Gasteiger partial charge in [0.25, 0.3) is 0 Å². The van der Waals surface area contributed by atoms with Crippen molar-refractivity contribution >= 4 is 5.65 Å². The minimum atomic E-state index is -0.264. The Balaban J connectivity index is 1.90. The molecule has 102 valence electrons. The Bertz CT molecular complexity index is 908. The van der Waals surface area contributed by atoms with Crippen molar-refractivity contribution in [2.24, 2.45) is 0 Å². The quantitative estimate of drug-likeness (QED) is 0.564. The number of aromatic nitrogens is 4. The smallest absolute Gasteiger partial charge is 0.147 e. The number of rotatable bonds is 2. The third kappa shape index (κ3) is 1.90. The lowest BCUT2D eigenvalue weighted by Crippen LogP contribution is -1.95. The van der Waals surface area contributed by atoms with Crippen molar-refractivity contribution in [1.29, 1.82) is 0 Å². The molecule has 4 aromatic rings. The Labute approximate surface area is 120 Å². The number of benzene rings is 1. The Morgan fingerprint density at radius 3 is 2.71 bits per heavy atom. The van der Waals surface area contributed by atoms with Gasteiger partial charge in [-0.05, 0) is 24.3 Å². The van der Waals surface area contributed by atoms with E-state index in [1.54, 1.807) is 39.8 Å². The highest BCUT2D eigenvalue weighted by molar-refractivity contribution is 5.64. The van der Waals surface area contributed by atoms with E-state index in [0.717, 1.165) is 16.9 Å². The Morgan fingerprint density at radius 1 is 1.00 bits per heavy atom. The molecular formula is C16H11FN4. The molecule has 0 N–H and O–H groups in total. The van der Waals surface area contributed by atoms with Crippen molar-refractivity contribution in [3.8, 4) is 16.9 Å². The van der Waals surface area contributed by atoms with Gasteiger partial charge in [0.2, 0.25) is 0 Å². The molecule has 0 spiro atoms. The van der Waals surface area contributed by atoms with Gasteiger partial charge in [-0.1, -0.05) is 12.1 Å². The number of hydrogen-bond acceptors (Lipinski definition) is 2. The van der Waals surface area contributed by atoms with Crippen LogP contribution in [0.15, 0.2) is 67.3 Å². The molecule has 0 aliphatic rings. The van der Waals surface area contributed by atoms with Crippen LogP contribution in [0.4, 0.5) is 4.39 Å². The van der Waals surface area contributed by atoms with Crippen LogP contribution in [0, 0.1) is 5.82 Å². The minimum absolute atomic E-state index is 0.264. The molecule has 0 aliphatic carbocycles. The van der Waals surface area contributed by atoms with Crippen LogP contribution < -0.4 is 0 Å². The molecule has 0 amide bonds. The van der Waals surface area contributed by atoms with Gasteiger partial charge in [-0.3, -0.25) is 9.55 Å². The summed E-state index contributed by atoms with van der Waals surface area (Å²) >= 11 is 0. The van der Waals surface area contributed by atoms with Crippen molar-refractivity contribution in [2.45, 2.75) is 0 Å². The summed E-state index contributed by atoms with van der Waals surface area (Å²) in [5.74, 6) is -0.264. The number of pyridine rings is 1. The third-order valence-electron chi connectivity index (χ3n) is 3.39. The highest BCUT2D eigenvalue weighted by atomic mass is 19.1. The Kier molecular flexibility index (Phi) is 2.57. The summed E-state index contributed by atoms with van der Waals surface area (Å²) in [6.07, 6.45) is 7.09. The minimum Gasteiger partial charge on any atom is -0.297 e. The fraction of sp³-hybridized carbons (Fsp3) is 0. The topological polar surface area (TPSA) is 35.1 Å². The van der Waals surface area contributed by atoms with Gasteiger partial charge in [0.1, 0.15) is 11.5 Å². The van der Waals surface area contributed by atoms with E-state index in [1.807, 2.05) is 30.5 Å². The Hall–Kier alpha value is -2.95. The van der Waals surface area contributed by atoms with E-state index < -0.39 is 0 Å². The first kappa shape index (κ1) is 11.8. The zero-order valence-corrected chi connectivity index (χ0v) is 11.0. The van der Waals surface area contributed by atoms with Gasteiger partial charge >= 0.3 is 0 Å². The fourth-order valence-electron chi connectivity index (χ4n) is 2.39. The summed E-state index contributed by atoms with van der Waals surface area (Å²) in [5, 5.41) is 4.49. The third-order valence-corrected chi connectivity index (χ3v) is 3.39. The average molecular weight is 278 g/mol. The molecule has 0 fully saturated rings. The zero-order chi connectivity index (χ0) is 14.2. The van der Waals surface area contributed by atoms with Crippen LogP contribution in [-0.2, 0) is 0 Å². The van der Waals surface area contributed by atoms with Gasteiger partial charge in [0.15, 0.2) is 0 Å². The van der Waals surface area contributed by atoms with Gasteiger partial charge in [-0.25, -0.2) is 8.91 Å². The number of nitrogens with zero attached hydrogens (tertiary/aromatic N) is 4. The van der Waals surface area contributed by atoms with E-state index in [4.69, 9.17) is 0 Å². The predicted octanol–water partition coefficient (Wildman–Crippen LogP) is 3.33. The van der Waals surface area contributed by atoms with Gasteiger partial charge < -0.3 is 0 Å². The van der Waals surface area contributed by atoms with Crippen molar-refractivity contribution in [1.82, 2.24) is 19.2 Å². The molecule has 1 aromatic carbocycles. The summed E-state index contributed by atoms with van der Waals surface area (Å²) in [4.78, 5) is 4.09. The lowest BCUT2D eigenvalue weighted by molar-refractivity contribution is 0.619. The molecule has 0 radical (unpaired) electrons. The van der Waals surface area contributed by atoms with E-state index in [1.165, 1.54) is 6.07 Å². The normalized spacial score (nSPS) is 11.1. The lowest BCUT2D eigenvalue weighted by Gasteiger charge is -2.03. The summed E-state index contributed by atoms with van der Waals surface area (Å²) in [7, 11) is 0. The van der Waals surface area contributed by atoms with Gasteiger partial charge in [-0.15, -0.1) is 0 Å². The molecular weight excluding hydrogens is 267 g/mol. The molecule has 3 heterocycles. The van der Waals surface area contributed by atoms with E-state index >= 15 is 0 Å². The fourth-order valence-corrected chi connectivity index (χ4v) is 2.39. The maximum absolute atomic E-state index is 14.0. The molecule has 0 bridgehead atoms. The van der Waals surface area contributed by atoms with Crippen LogP contribution in [0.2, 0.25) is 0 Å². The summed E-state index contributed by atoms with van der Waals surface area (Å²) in [6.45, 7) is 0. The second-order valence-electron chi connectivity index (χ2n) is 4.69. The molecule has 0 aliphatic heterocycles. The SMILES string of the molecule is Fc1ccccc1-n1ccn2nc(-c3cccnc3)cc12. The van der Waals surface area contributed by atoms with E-state index in [9.17, 15) is 4.39 Å². The molecule has 3 aromatic heterocycles. The first-order valence-corrected chi connectivity index (χ1v) is 6.55. The van der Waals surface area contributed by atoms with Crippen molar-refractivity contribution in [3.63, 3.8) is 0 Å². The van der Waals surface area contributed by atoms with Crippen LogP contribution in [0.5, 0.6) is 0 Å². The average Bonchev–Trinajstić information content (AvgIpc) is 3.09.